The van der Waals surface area contributed by atoms with Gasteiger partial charge < -0.3 is 4.89 Å². The van der Waals surface area contributed by atoms with Crippen LogP contribution in [0, 0.1) is 13.8 Å². The topological polar surface area (TPSA) is 20.2 Å². The highest BCUT2D eigenvalue weighted by molar-refractivity contribution is 7.31. The molecule has 0 bridgehead atoms. The summed E-state index contributed by atoms with van der Waals surface area (Å²) in [6, 6.07) is 24.2. The standard InChI is InChI=1S/C24H27OP/c1-18-13-23(11-12-26-25)14-19(2)24(18)17-22-10-6-9-21(16-22)15-20-7-4-3-5-8-20/h3-10,13-14,16,25-26H,11-12,15,17H2,1-2H3. The summed E-state index contributed by atoms with van der Waals surface area (Å²) in [6.45, 7) is 4.42. The zero-order valence-electron chi connectivity index (χ0n) is 15.6. The van der Waals surface area contributed by atoms with E-state index in [1.807, 2.05) is 0 Å². The molecule has 0 aliphatic heterocycles. The van der Waals surface area contributed by atoms with Gasteiger partial charge in [0.2, 0.25) is 0 Å². The molecule has 26 heavy (non-hydrogen) atoms. The normalized spacial score (nSPS) is 11.3. The van der Waals surface area contributed by atoms with E-state index in [1.54, 1.807) is 0 Å². The molecular formula is C24H27OP. The maximum Gasteiger partial charge on any atom is 0.0110 e. The fourth-order valence-corrected chi connectivity index (χ4v) is 3.99. The molecule has 1 atom stereocenters. The SMILES string of the molecule is Cc1cc(CCPO)cc(C)c1Cc1cccc(Cc2ccccc2)c1. The lowest BCUT2D eigenvalue weighted by atomic mass is 9.92. The Morgan fingerprint density at radius 2 is 1.31 bits per heavy atom. The Bertz CT molecular complexity index is 832. The van der Waals surface area contributed by atoms with Gasteiger partial charge in [-0.3, -0.25) is 0 Å². The summed E-state index contributed by atoms with van der Waals surface area (Å²) >= 11 is 0. The van der Waals surface area contributed by atoms with Crippen LogP contribution in [0.3, 0.4) is 0 Å². The molecule has 0 amide bonds. The molecule has 0 aliphatic carbocycles. The number of hydrogen-bond donors (Lipinski definition) is 1. The van der Waals surface area contributed by atoms with E-state index in [4.69, 9.17) is 4.89 Å². The third-order valence-corrected chi connectivity index (χ3v) is 5.38. The van der Waals surface area contributed by atoms with Crippen LogP contribution < -0.4 is 0 Å². The van der Waals surface area contributed by atoms with Crippen molar-refractivity contribution in [3.05, 3.63) is 106 Å². The molecule has 3 rings (SSSR count). The maximum absolute atomic E-state index is 9.08. The minimum atomic E-state index is 0.0382. The smallest absolute Gasteiger partial charge is 0.0110 e. The van der Waals surface area contributed by atoms with Crippen LogP contribution in [-0.4, -0.2) is 11.1 Å². The van der Waals surface area contributed by atoms with E-state index in [2.05, 4.69) is 80.6 Å². The Hall–Kier alpha value is -1.95. The van der Waals surface area contributed by atoms with E-state index < -0.39 is 0 Å². The summed E-state index contributed by atoms with van der Waals surface area (Å²) < 4.78 is 0. The lowest BCUT2D eigenvalue weighted by Gasteiger charge is -2.14. The molecule has 2 heteroatoms. The molecule has 134 valence electrons. The van der Waals surface area contributed by atoms with Crippen LogP contribution in [-0.2, 0) is 19.3 Å². The van der Waals surface area contributed by atoms with Crippen molar-refractivity contribution >= 4 is 8.81 Å². The van der Waals surface area contributed by atoms with Crippen LogP contribution >= 0.6 is 8.81 Å². The molecule has 1 nitrogen and oxygen atoms in total. The van der Waals surface area contributed by atoms with Crippen LogP contribution in [0.25, 0.3) is 0 Å². The molecule has 0 heterocycles. The quantitative estimate of drug-likeness (QED) is 0.541. The van der Waals surface area contributed by atoms with Crippen molar-refractivity contribution in [1.29, 1.82) is 0 Å². The Kier molecular flexibility index (Phi) is 6.61. The molecular weight excluding hydrogens is 335 g/mol. The predicted octanol–water partition coefficient (Wildman–Crippen LogP) is 5.61. The summed E-state index contributed by atoms with van der Waals surface area (Å²) in [4.78, 5) is 9.08. The van der Waals surface area contributed by atoms with Crippen molar-refractivity contribution in [2.45, 2.75) is 33.1 Å². The van der Waals surface area contributed by atoms with E-state index in [1.165, 1.54) is 38.9 Å². The fourth-order valence-electron chi connectivity index (χ4n) is 3.59. The first-order chi connectivity index (χ1) is 12.7. The van der Waals surface area contributed by atoms with Gasteiger partial charge in [0, 0.05) is 8.81 Å². The molecule has 0 aliphatic rings. The second-order valence-electron chi connectivity index (χ2n) is 7.03. The van der Waals surface area contributed by atoms with Crippen molar-refractivity contribution < 1.29 is 4.89 Å². The van der Waals surface area contributed by atoms with E-state index in [-0.39, 0.29) is 8.81 Å². The van der Waals surface area contributed by atoms with Crippen LogP contribution in [0.5, 0.6) is 0 Å². The lowest BCUT2D eigenvalue weighted by molar-refractivity contribution is 0.644. The van der Waals surface area contributed by atoms with E-state index >= 15 is 0 Å². The van der Waals surface area contributed by atoms with Crippen molar-refractivity contribution in [1.82, 2.24) is 0 Å². The maximum atomic E-state index is 9.08. The van der Waals surface area contributed by atoms with Gasteiger partial charge in [-0.15, -0.1) is 0 Å². The van der Waals surface area contributed by atoms with Gasteiger partial charge in [-0.2, -0.15) is 0 Å². The molecule has 3 aromatic carbocycles. The highest BCUT2D eigenvalue weighted by atomic mass is 31.1. The largest absolute Gasteiger partial charge is 0.377 e. The van der Waals surface area contributed by atoms with Crippen molar-refractivity contribution in [3.63, 3.8) is 0 Å². The zero-order valence-corrected chi connectivity index (χ0v) is 16.6. The number of rotatable bonds is 7. The fraction of sp³-hybridized carbons (Fsp3) is 0.250. The number of benzene rings is 3. The van der Waals surface area contributed by atoms with Gasteiger partial charge >= 0.3 is 0 Å². The minimum absolute atomic E-state index is 0.0382. The van der Waals surface area contributed by atoms with E-state index in [0.29, 0.717) is 0 Å². The Balaban J connectivity index is 1.77. The summed E-state index contributed by atoms with van der Waals surface area (Å²) in [5.74, 6) is 0. The Morgan fingerprint density at radius 3 is 1.96 bits per heavy atom. The van der Waals surface area contributed by atoms with Crippen LogP contribution in [0.1, 0.15) is 38.9 Å². The third-order valence-electron chi connectivity index (χ3n) is 4.90. The molecule has 0 spiro atoms. The average Bonchev–Trinajstić information content (AvgIpc) is 2.64. The Morgan fingerprint density at radius 1 is 0.692 bits per heavy atom. The van der Waals surface area contributed by atoms with E-state index in [0.717, 1.165) is 25.4 Å². The van der Waals surface area contributed by atoms with Crippen molar-refractivity contribution in [2.24, 2.45) is 0 Å². The highest BCUT2D eigenvalue weighted by Crippen LogP contribution is 2.22. The van der Waals surface area contributed by atoms with Crippen molar-refractivity contribution in [2.75, 3.05) is 6.16 Å². The Labute approximate surface area is 159 Å². The molecule has 0 fully saturated rings. The second kappa shape index (κ2) is 9.12. The van der Waals surface area contributed by atoms with Gasteiger partial charge in [0.15, 0.2) is 0 Å². The highest BCUT2D eigenvalue weighted by Gasteiger charge is 2.07. The van der Waals surface area contributed by atoms with E-state index in [9.17, 15) is 0 Å². The first-order valence-corrected chi connectivity index (χ1v) is 10.4. The van der Waals surface area contributed by atoms with Gasteiger partial charge in [-0.05, 0) is 78.2 Å². The molecule has 0 saturated carbocycles. The molecule has 0 radical (unpaired) electrons. The number of hydrogen-bond acceptors (Lipinski definition) is 1. The summed E-state index contributed by atoms with van der Waals surface area (Å²) in [5.41, 5.74) is 9.56. The molecule has 0 saturated heterocycles. The molecule has 3 aromatic rings. The zero-order chi connectivity index (χ0) is 18.4. The van der Waals surface area contributed by atoms with Gasteiger partial charge in [0.25, 0.3) is 0 Å². The minimum Gasteiger partial charge on any atom is -0.377 e. The summed E-state index contributed by atoms with van der Waals surface area (Å²) in [5, 5.41) is 0. The monoisotopic (exact) mass is 362 g/mol. The first kappa shape index (κ1) is 18.8. The summed E-state index contributed by atoms with van der Waals surface area (Å²) in [7, 11) is 0.0382. The lowest BCUT2D eigenvalue weighted by Crippen LogP contribution is -2.00. The first-order valence-electron chi connectivity index (χ1n) is 9.23. The summed E-state index contributed by atoms with van der Waals surface area (Å²) in [6.07, 6.45) is 3.78. The van der Waals surface area contributed by atoms with Gasteiger partial charge in [0.1, 0.15) is 0 Å². The van der Waals surface area contributed by atoms with Gasteiger partial charge in [-0.1, -0.05) is 66.7 Å². The molecule has 0 aromatic heterocycles. The van der Waals surface area contributed by atoms with Crippen molar-refractivity contribution in [3.8, 4) is 0 Å². The number of aryl methyl sites for hydroxylation is 3. The second-order valence-corrected chi connectivity index (χ2v) is 7.84. The van der Waals surface area contributed by atoms with Crippen LogP contribution in [0.4, 0.5) is 0 Å². The third kappa shape index (κ3) is 5.04. The van der Waals surface area contributed by atoms with Crippen LogP contribution in [0.2, 0.25) is 0 Å². The average molecular weight is 362 g/mol. The molecule has 1 unspecified atom stereocenters. The van der Waals surface area contributed by atoms with Crippen LogP contribution in [0.15, 0.2) is 66.7 Å². The van der Waals surface area contributed by atoms with Gasteiger partial charge in [-0.25, -0.2) is 0 Å². The molecule has 1 N–H and O–H groups in total. The predicted molar refractivity (Wildman–Crippen MR) is 114 cm³/mol. The van der Waals surface area contributed by atoms with Gasteiger partial charge in [0.05, 0.1) is 0 Å².